The van der Waals surface area contributed by atoms with Gasteiger partial charge in [0.15, 0.2) is 0 Å². The van der Waals surface area contributed by atoms with Crippen molar-refractivity contribution in [3.05, 3.63) is 29.8 Å². The van der Waals surface area contributed by atoms with Gasteiger partial charge in [0.25, 0.3) is 15.0 Å². The molecule has 1 N–H and O–H groups in total. The van der Waals surface area contributed by atoms with Gasteiger partial charge in [-0.2, -0.15) is 0 Å². The number of halogens is 1. The summed E-state index contributed by atoms with van der Waals surface area (Å²) in [4.78, 5) is 11.7. The lowest BCUT2D eigenvalue weighted by molar-refractivity contribution is 0.0949. The molecule has 17 heavy (non-hydrogen) atoms. The first-order valence-corrected chi connectivity index (χ1v) is 7.54. The molecule has 0 radical (unpaired) electrons. The maximum Gasteiger partial charge on any atom is 0.261 e. The van der Waals surface area contributed by atoms with Crippen molar-refractivity contribution in [2.45, 2.75) is 24.3 Å². The number of rotatable bonds is 3. The summed E-state index contributed by atoms with van der Waals surface area (Å²) in [6.45, 7) is 2.05. The third kappa shape index (κ3) is 2.98. The summed E-state index contributed by atoms with van der Waals surface area (Å²) in [6, 6.07) is 5.91. The number of benzene rings is 1. The van der Waals surface area contributed by atoms with E-state index in [9.17, 15) is 13.2 Å². The highest BCUT2D eigenvalue weighted by molar-refractivity contribution is 8.13. The third-order valence-corrected chi connectivity index (χ3v) is 4.16. The Morgan fingerprint density at radius 3 is 2.65 bits per heavy atom. The lowest BCUT2D eigenvalue weighted by atomic mass is 10.2. The molecule has 4 nitrogen and oxygen atoms in total. The molecule has 1 aliphatic carbocycles. The molecule has 0 saturated heterocycles. The predicted octanol–water partition coefficient (Wildman–Crippen LogP) is 1.75. The Hall–Kier alpha value is -1.07. The van der Waals surface area contributed by atoms with Crippen molar-refractivity contribution in [2.75, 3.05) is 0 Å². The maximum atomic E-state index is 11.8. The van der Waals surface area contributed by atoms with E-state index in [-0.39, 0.29) is 16.8 Å². The summed E-state index contributed by atoms with van der Waals surface area (Å²) in [6.07, 6.45) is 0.971. The van der Waals surface area contributed by atoms with Gasteiger partial charge in [-0.15, -0.1) is 0 Å². The minimum absolute atomic E-state index is 0.0596. The molecular formula is C11H12ClNO3S. The van der Waals surface area contributed by atoms with E-state index in [0.29, 0.717) is 11.5 Å². The van der Waals surface area contributed by atoms with Gasteiger partial charge in [-0.25, -0.2) is 8.42 Å². The fraction of sp³-hybridized carbons (Fsp3) is 0.364. The SMILES string of the molecule is CC1CC1NC(=O)c1cccc(S(=O)(=O)Cl)c1. The fourth-order valence-corrected chi connectivity index (χ4v) is 2.36. The lowest BCUT2D eigenvalue weighted by Gasteiger charge is -2.04. The van der Waals surface area contributed by atoms with Crippen LogP contribution < -0.4 is 5.32 Å². The number of hydrogen-bond donors (Lipinski definition) is 1. The van der Waals surface area contributed by atoms with E-state index in [1.165, 1.54) is 18.2 Å². The molecule has 1 fully saturated rings. The smallest absolute Gasteiger partial charge is 0.261 e. The fourth-order valence-electron chi connectivity index (χ4n) is 1.56. The van der Waals surface area contributed by atoms with Crippen LogP contribution in [0.3, 0.4) is 0 Å². The summed E-state index contributed by atoms with van der Waals surface area (Å²) >= 11 is 0. The Bertz CT molecular complexity index is 556. The number of carbonyl (C=O) groups excluding carboxylic acids is 1. The van der Waals surface area contributed by atoms with Crippen molar-refractivity contribution in [3.8, 4) is 0 Å². The van der Waals surface area contributed by atoms with Crippen molar-refractivity contribution < 1.29 is 13.2 Å². The molecule has 1 aliphatic rings. The number of amides is 1. The van der Waals surface area contributed by atoms with E-state index in [2.05, 4.69) is 5.32 Å². The first-order chi connectivity index (χ1) is 7.88. The minimum Gasteiger partial charge on any atom is -0.349 e. The van der Waals surface area contributed by atoms with Crippen molar-refractivity contribution in [3.63, 3.8) is 0 Å². The van der Waals surface area contributed by atoms with E-state index < -0.39 is 9.05 Å². The van der Waals surface area contributed by atoms with Crippen LogP contribution in [0, 0.1) is 5.92 Å². The van der Waals surface area contributed by atoms with E-state index in [0.717, 1.165) is 6.42 Å². The molecule has 92 valence electrons. The zero-order valence-corrected chi connectivity index (χ0v) is 10.8. The molecule has 0 heterocycles. The Morgan fingerprint density at radius 2 is 2.12 bits per heavy atom. The van der Waals surface area contributed by atoms with Crippen molar-refractivity contribution in [1.82, 2.24) is 5.32 Å². The second kappa shape index (κ2) is 4.31. The highest BCUT2D eigenvalue weighted by Crippen LogP contribution is 2.29. The van der Waals surface area contributed by atoms with Crippen LogP contribution in [0.2, 0.25) is 0 Å². The van der Waals surface area contributed by atoms with Crippen LogP contribution in [0.15, 0.2) is 29.2 Å². The number of nitrogens with one attached hydrogen (secondary N) is 1. The lowest BCUT2D eigenvalue weighted by Crippen LogP contribution is -2.26. The molecule has 2 atom stereocenters. The van der Waals surface area contributed by atoms with E-state index in [4.69, 9.17) is 10.7 Å². The molecule has 1 aromatic carbocycles. The minimum atomic E-state index is -3.79. The second-order valence-corrected chi connectivity index (χ2v) is 6.82. The summed E-state index contributed by atoms with van der Waals surface area (Å²) in [5.41, 5.74) is 0.311. The number of hydrogen-bond acceptors (Lipinski definition) is 3. The molecule has 6 heteroatoms. The molecule has 1 amide bonds. The molecule has 0 aliphatic heterocycles. The average molecular weight is 274 g/mol. The zero-order chi connectivity index (χ0) is 12.6. The normalized spacial score (nSPS) is 23.2. The van der Waals surface area contributed by atoms with Gasteiger partial charge in [0.2, 0.25) is 0 Å². The molecule has 2 unspecified atom stereocenters. The Labute approximate surface area is 104 Å². The van der Waals surface area contributed by atoms with Crippen LogP contribution in [0.25, 0.3) is 0 Å². The van der Waals surface area contributed by atoms with Gasteiger partial charge < -0.3 is 5.32 Å². The Kier molecular flexibility index (Phi) is 3.14. The van der Waals surface area contributed by atoms with Gasteiger partial charge in [0, 0.05) is 22.3 Å². The van der Waals surface area contributed by atoms with Crippen molar-refractivity contribution >= 4 is 25.6 Å². The van der Waals surface area contributed by atoms with Gasteiger partial charge in [-0.05, 0) is 30.5 Å². The first kappa shape index (κ1) is 12.4. The van der Waals surface area contributed by atoms with Gasteiger partial charge >= 0.3 is 0 Å². The average Bonchev–Trinajstić information content (AvgIpc) is 2.93. The van der Waals surface area contributed by atoms with Gasteiger partial charge in [0.05, 0.1) is 4.90 Å². The predicted molar refractivity (Wildman–Crippen MR) is 64.5 cm³/mol. The summed E-state index contributed by atoms with van der Waals surface area (Å²) in [5, 5.41) is 2.82. The van der Waals surface area contributed by atoms with Crippen molar-refractivity contribution in [1.29, 1.82) is 0 Å². The summed E-state index contributed by atoms with van der Waals surface area (Å²) in [5.74, 6) is 0.236. The summed E-state index contributed by atoms with van der Waals surface area (Å²) in [7, 11) is 1.43. The van der Waals surface area contributed by atoms with Crippen LogP contribution in [0.5, 0.6) is 0 Å². The van der Waals surface area contributed by atoms with E-state index in [1.54, 1.807) is 6.07 Å². The topological polar surface area (TPSA) is 63.2 Å². The highest BCUT2D eigenvalue weighted by atomic mass is 35.7. The molecular weight excluding hydrogens is 262 g/mol. The second-order valence-electron chi connectivity index (χ2n) is 4.26. The zero-order valence-electron chi connectivity index (χ0n) is 9.18. The molecule has 1 aromatic rings. The number of carbonyl (C=O) groups is 1. The van der Waals surface area contributed by atoms with Gasteiger partial charge in [-0.3, -0.25) is 4.79 Å². The van der Waals surface area contributed by atoms with Crippen LogP contribution in [-0.4, -0.2) is 20.4 Å². The molecule has 2 rings (SSSR count). The maximum absolute atomic E-state index is 11.8. The van der Waals surface area contributed by atoms with E-state index >= 15 is 0 Å². The first-order valence-electron chi connectivity index (χ1n) is 5.23. The van der Waals surface area contributed by atoms with Gasteiger partial charge in [0.1, 0.15) is 0 Å². The highest BCUT2D eigenvalue weighted by Gasteiger charge is 2.34. The Morgan fingerprint density at radius 1 is 1.47 bits per heavy atom. The molecule has 0 spiro atoms. The molecule has 1 saturated carbocycles. The van der Waals surface area contributed by atoms with Crippen LogP contribution in [0.1, 0.15) is 23.7 Å². The standard InChI is InChI=1S/C11H12ClNO3S/c1-7-5-10(7)13-11(14)8-3-2-4-9(6-8)17(12,15)16/h2-4,6-7,10H,5H2,1H3,(H,13,14). The monoisotopic (exact) mass is 273 g/mol. The largest absolute Gasteiger partial charge is 0.349 e. The summed E-state index contributed by atoms with van der Waals surface area (Å²) < 4.78 is 22.3. The van der Waals surface area contributed by atoms with Gasteiger partial charge in [-0.1, -0.05) is 13.0 Å². The molecule has 0 aromatic heterocycles. The van der Waals surface area contributed by atoms with Crippen LogP contribution in [-0.2, 0) is 9.05 Å². The van der Waals surface area contributed by atoms with Crippen molar-refractivity contribution in [2.24, 2.45) is 5.92 Å². The quantitative estimate of drug-likeness (QED) is 0.854. The Balaban J connectivity index is 2.18. The van der Waals surface area contributed by atoms with Crippen LogP contribution in [0.4, 0.5) is 0 Å². The molecule has 0 bridgehead atoms. The third-order valence-electron chi connectivity index (χ3n) is 2.80. The van der Waals surface area contributed by atoms with Crippen LogP contribution >= 0.6 is 10.7 Å². The van der Waals surface area contributed by atoms with E-state index in [1.807, 2.05) is 6.92 Å².